The molecule has 0 radical (unpaired) electrons. The maximum absolute atomic E-state index is 12.5. The monoisotopic (exact) mass is 384 g/mol. The van der Waals surface area contributed by atoms with E-state index in [9.17, 15) is 4.79 Å². The number of nitrogens with zero attached hydrogens (tertiary/aromatic N) is 1. The van der Waals surface area contributed by atoms with Crippen LogP contribution < -0.4 is 5.32 Å². The van der Waals surface area contributed by atoms with Crippen molar-refractivity contribution in [1.82, 2.24) is 4.98 Å². The molecule has 0 fully saturated rings. The van der Waals surface area contributed by atoms with Crippen molar-refractivity contribution in [3.8, 4) is 0 Å². The number of para-hydroxylation sites is 1. The third kappa shape index (κ3) is 4.63. The van der Waals surface area contributed by atoms with Crippen LogP contribution >= 0.6 is 23.2 Å². The lowest BCUT2D eigenvalue weighted by molar-refractivity contribution is -0.115. The summed E-state index contributed by atoms with van der Waals surface area (Å²) < 4.78 is 0. The van der Waals surface area contributed by atoms with E-state index in [0.29, 0.717) is 10.6 Å². The van der Waals surface area contributed by atoms with Gasteiger partial charge >= 0.3 is 0 Å². The van der Waals surface area contributed by atoms with Crippen LogP contribution in [0.25, 0.3) is 0 Å². The summed E-state index contributed by atoms with van der Waals surface area (Å²) in [6, 6.07) is 19.6. The molecule has 3 nitrogen and oxygen atoms in total. The van der Waals surface area contributed by atoms with E-state index >= 15 is 0 Å². The Hall–Kier alpha value is -2.36. The third-order valence-corrected chi connectivity index (χ3v) is 4.66. The van der Waals surface area contributed by atoms with E-state index in [1.807, 2.05) is 42.5 Å². The number of hydrogen-bond donors (Lipinski definition) is 1. The highest BCUT2D eigenvalue weighted by Crippen LogP contribution is 2.25. The van der Waals surface area contributed by atoms with Gasteiger partial charge in [-0.05, 0) is 36.6 Å². The fourth-order valence-corrected chi connectivity index (χ4v) is 3.41. The summed E-state index contributed by atoms with van der Waals surface area (Å²) in [6.45, 7) is 1.81. The maximum Gasteiger partial charge on any atom is 0.228 e. The molecule has 2 aromatic carbocycles. The highest BCUT2D eigenvalue weighted by atomic mass is 35.5. The van der Waals surface area contributed by atoms with Crippen molar-refractivity contribution in [3.05, 3.63) is 93.2 Å². The van der Waals surface area contributed by atoms with Gasteiger partial charge in [0.05, 0.1) is 6.42 Å². The van der Waals surface area contributed by atoms with Crippen LogP contribution in [0.15, 0.2) is 60.7 Å². The zero-order chi connectivity index (χ0) is 18.5. The minimum atomic E-state index is -0.181. The van der Waals surface area contributed by atoms with Gasteiger partial charge < -0.3 is 5.32 Å². The first-order chi connectivity index (χ1) is 12.5. The summed E-state index contributed by atoms with van der Waals surface area (Å²) in [6.07, 6.45) is 0.815. The number of anilines is 1. The Kier molecular flexibility index (Phi) is 5.92. The average molecular weight is 385 g/mol. The van der Waals surface area contributed by atoms with Gasteiger partial charge in [-0.25, -0.2) is 4.98 Å². The number of aryl methyl sites for hydroxylation is 1. The molecule has 0 aliphatic carbocycles. The molecule has 1 aromatic heterocycles. The highest BCUT2D eigenvalue weighted by Gasteiger charge is 2.14. The first-order valence-corrected chi connectivity index (χ1v) is 9.01. The number of carbonyl (C=O) groups is 1. The van der Waals surface area contributed by atoms with E-state index in [0.717, 1.165) is 23.4 Å². The number of halogens is 2. The number of aromatic nitrogens is 1. The van der Waals surface area contributed by atoms with Crippen LogP contribution in [0.5, 0.6) is 0 Å². The molecule has 5 heteroatoms. The molecule has 0 spiro atoms. The zero-order valence-electron chi connectivity index (χ0n) is 14.3. The smallest absolute Gasteiger partial charge is 0.228 e. The molecule has 26 heavy (non-hydrogen) atoms. The van der Waals surface area contributed by atoms with Crippen molar-refractivity contribution in [2.24, 2.45) is 0 Å². The fourth-order valence-electron chi connectivity index (χ4n) is 2.75. The van der Waals surface area contributed by atoms with Crippen molar-refractivity contribution >= 4 is 34.8 Å². The number of benzene rings is 2. The van der Waals surface area contributed by atoms with Gasteiger partial charge in [-0.1, -0.05) is 71.7 Å². The number of rotatable bonds is 5. The van der Waals surface area contributed by atoms with Crippen molar-refractivity contribution in [3.63, 3.8) is 0 Å². The van der Waals surface area contributed by atoms with E-state index < -0.39 is 0 Å². The summed E-state index contributed by atoms with van der Waals surface area (Å²) >= 11 is 12.4. The Morgan fingerprint density at radius 1 is 1.04 bits per heavy atom. The van der Waals surface area contributed by atoms with Gasteiger partial charge in [0.15, 0.2) is 0 Å². The second-order valence-corrected chi connectivity index (χ2v) is 6.82. The topological polar surface area (TPSA) is 42.0 Å². The molecular weight excluding hydrogens is 367 g/mol. The molecule has 3 rings (SSSR count). The minimum absolute atomic E-state index is 0.0740. The minimum Gasteiger partial charge on any atom is -0.326 e. The molecule has 0 saturated heterocycles. The Balaban J connectivity index is 1.76. The number of carbonyl (C=O) groups excluding carboxylic acids is 1. The van der Waals surface area contributed by atoms with Crippen molar-refractivity contribution in [1.29, 1.82) is 0 Å². The lowest BCUT2D eigenvalue weighted by Crippen LogP contribution is -2.16. The first-order valence-electron chi connectivity index (χ1n) is 8.26. The lowest BCUT2D eigenvalue weighted by Gasteiger charge is -2.12. The zero-order valence-corrected chi connectivity index (χ0v) is 15.8. The summed E-state index contributed by atoms with van der Waals surface area (Å²) in [4.78, 5) is 16.7. The normalized spacial score (nSPS) is 10.6. The average Bonchev–Trinajstić information content (AvgIpc) is 2.61. The van der Waals surface area contributed by atoms with Gasteiger partial charge in [0.25, 0.3) is 0 Å². The van der Waals surface area contributed by atoms with E-state index in [4.69, 9.17) is 23.2 Å². The second-order valence-electron chi connectivity index (χ2n) is 6.06. The third-order valence-electron chi connectivity index (χ3n) is 4.01. The van der Waals surface area contributed by atoms with Crippen LogP contribution in [0.1, 0.15) is 22.4 Å². The van der Waals surface area contributed by atoms with E-state index in [2.05, 4.69) is 22.4 Å². The van der Waals surface area contributed by atoms with Crippen molar-refractivity contribution in [2.75, 3.05) is 5.32 Å². The Labute approximate surface area is 163 Å². The Morgan fingerprint density at radius 2 is 1.73 bits per heavy atom. The molecule has 1 amide bonds. The quantitative estimate of drug-likeness (QED) is 0.592. The molecule has 0 aliphatic heterocycles. The van der Waals surface area contributed by atoms with Gasteiger partial charge in [-0.3, -0.25) is 4.79 Å². The predicted molar refractivity (Wildman–Crippen MR) is 107 cm³/mol. The summed E-state index contributed by atoms with van der Waals surface area (Å²) in [7, 11) is 0. The molecule has 0 unspecified atom stereocenters. The number of nitrogens with one attached hydrogen (secondary N) is 1. The number of pyridine rings is 1. The highest BCUT2D eigenvalue weighted by molar-refractivity contribution is 6.35. The lowest BCUT2D eigenvalue weighted by atomic mass is 10.0. The van der Waals surface area contributed by atoms with Crippen LogP contribution in [-0.4, -0.2) is 10.9 Å². The van der Waals surface area contributed by atoms with Gasteiger partial charge in [-0.15, -0.1) is 0 Å². The molecule has 1 heterocycles. The SMILES string of the molecule is Cc1cc(Cl)c(CC(=O)Nc2ccccc2Cc2ccccc2)c(Cl)n1. The molecule has 1 N–H and O–H groups in total. The number of amides is 1. The molecule has 0 bridgehead atoms. The molecule has 0 saturated carbocycles. The van der Waals surface area contributed by atoms with Gasteiger partial charge in [0, 0.05) is 22.0 Å². The second kappa shape index (κ2) is 8.35. The van der Waals surface area contributed by atoms with Crippen LogP contribution in [0.3, 0.4) is 0 Å². The molecule has 132 valence electrons. The van der Waals surface area contributed by atoms with Crippen LogP contribution in [0.2, 0.25) is 10.2 Å². The van der Waals surface area contributed by atoms with Gasteiger partial charge in [-0.2, -0.15) is 0 Å². The Morgan fingerprint density at radius 3 is 2.46 bits per heavy atom. The first kappa shape index (κ1) is 18.4. The van der Waals surface area contributed by atoms with Gasteiger partial charge in [0.1, 0.15) is 5.15 Å². The standard InChI is InChI=1S/C21H18Cl2N2O/c1-14-11-18(22)17(21(23)24-14)13-20(26)25-19-10-6-5-9-16(19)12-15-7-3-2-4-8-15/h2-11H,12-13H2,1H3,(H,25,26). The molecule has 3 aromatic rings. The predicted octanol–water partition coefficient (Wildman–Crippen LogP) is 5.47. The molecule has 0 aliphatic rings. The summed E-state index contributed by atoms with van der Waals surface area (Å²) in [5.41, 5.74) is 4.28. The van der Waals surface area contributed by atoms with Crippen molar-refractivity contribution in [2.45, 2.75) is 19.8 Å². The maximum atomic E-state index is 12.5. The summed E-state index contributed by atoms with van der Waals surface area (Å²) in [5, 5.41) is 3.68. The van der Waals surface area contributed by atoms with E-state index in [-0.39, 0.29) is 17.5 Å². The largest absolute Gasteiger partial charge is 0.326 e. The van der Waals surface area contributed by atoms with Crippen LogP contribution in [0, 0.1) is 6.92 Å². The fraction of sp³-hybridized carbons (Fsp3) is 0.143. The molecular formula is C21H18Cl2N2O. The Bertz CT molecular complexity index is 903. The van der Waals surface area contributed by atoms with Crippen LogP contribution in [-0.2, 0) is 17.6 Å². The van der Waals surface area contributed by atoms with E-state index in [1.165, 1.54) is 5.56 Å². The van der Waals surface area contributed by atoms with E-state index in [1.54, 1.807) is 13.0 Å². The van der Waals surface area contributed by atoms with Crippen LogP contribution in [0.4, 0.5) is 5.69 Å². The molecule has 0 atom stereocenters. The van der Waals surface area contributed by atoms with Gasteiger partial charge in [0.2, 0.25) is 5.91 Å². The summed E-state index contributed by atoms with van der Waals surface area (Å²) in [5.74, 6) is -0.181. The van der Waals surface area contributed by atoms with Crippen molar-refractivity contribution < 1.29 is 4.79 Å². The number of hydrogen-bond acceptors (Lipinski definition) is 2.